The number of rotatable bonds is 5. The molecule has 4 nitrogen and oxygen atoms in total. The van der Waals surface area contributed by atoms with E-state index in [1.807, 2.05) is 4.68 Å². The van der Waals surface area contributed by atoms with Crippen molar-refractivity contribution in [3.8, 4) is 0 Å². The number of hydrogen-bond acceptors (Lipinski definition) is 3. The zero-order valence-corrected chi connectivity index (χ0v) is 10.7. The van der Waals surface area contributed by atoms with Gasteiger partial charge in [0.1, 0.15) is 12.2 Å². The second kappa shape index (κ2) is 5.15. The Bertz CT molecular complexity index is 332. The van der Waals surface area contributed by atoms with Gasteiger partial charge in [0.2, 0.25) is 0 Å². The molecule has 1 aromatic rings. The van der Waals surface area contributed by atoms with Crippen LogP contribution in [0.4, 0.5) is 0 Å². The molecule has 1 heterocycles. The van der Waals surface area contributed by atoms with Crippen LogP contribution in [0.25, 0.3) is 0 Å². The molecule has 0 spiro atoms. The van der Waals surface area contributed by atoms with Gasteiger partial charge in [0.25, 0.3) is 0 Å². The monoisotopic (exact) mass is 242 g/mol. The number of hydrogen-bond donors (Lipinski definition) is 0. The van der Waals surface area contributed by atoms with Crippen molar-refractivity contribution in [3.05, 3.63) is 12.2 Å². The van der Waals surface area contributed by atoms with Crippen LogP contribution in [-0.4, -0.2) is 38.6 Å². The van der Waals surface area contributed by atoms with E-state index in [0.29, 0.717) is 5.38 Å². The highest BCUT2D eigenvalue weighted by molar-refractivity contribution is 6.21. The molecule has 0 N–H and O–H groups in total. The average molecular weight is 243 g/mol. The van der Waals surface area contributed by atoms with Gasteiger partial charge in [0.15, 0.2) is 0 Å². The maximum atomic E-state index is 5.97. The van der Waals surface area contributed by atoms with Gasteiger partial charge in [0, 0.05) is 18.5 Å². The maximum Gasteiger partial charge on any atom is 0.140 e. The molecule has 90 valence electrons. The molecular formula is C11H19ClN4. The Morgan fingerprint density at radius 3 is 2.94 bits per heavy atom. The summed E-state index contributed by atoms with van der Waals surface area (Å²) in [7, 11) is 2.14. The predicted molar refractivity (Wildman–Crippen MR) is 64.4 cm³/mol. The molecule has 16 heavy (non-hydrogen) atoms. The van der Waals surface area contributed by atoms with Crippen LogP contribution in [0, 0.1) is 5.92 Å². The van der Waals surface area contributed by atoms with Crippen LogP contribution in [0.3, 0.4) is 0 Å². The van der Waals surface area contributed by atoms with Gasteiger partial charge in [-0.05, 0) is 32.7 Å². The van der Waals surface area contributed by atoms with Crippen molar-refractivity contribution in [2.24, 2.45) is 5.92 Å². The molecule has 1 aliphatic carbocycles. The number of aromatic nitrogens is 3. The van der Waals surface area contributed by atoms with Crippen LogP contribution in [0.1, 0.15) is 25.6 Å². The van der Waals surface area contributed by atoms with Gasteiger partial charge in [0.05, 0.1) is 6.54 Å². The molecule has 0 bridgehead atoms. The number of alkyl halides is 1. The summed E-state index contributed by atoms with van der Waals surface area (Å²) in [5.41, 5.74) is 0. The lowest BCUT2D eigenvalue weighted by Crippen LogP contribution is -2.35. The summed E-state index contributed by atoms with van der Waals surface area (Å²) in [4.78, 5) is 6.59. The van der Waals surface area contributed by atoms with Crippen LogP contribution in [0.15, 0.2) is 6.33 Å². The lowest BCUT2D eigenvalue weighted by molar-refractivity contribution is 0.199. The van der Waals surface area contributed by atoms with Crippen molar-refractivity contribution < 1.29 is 0 Å². The number of nitrogens with zero attached hydrogens (tertiary/aromatic N) is 4. The standard InChI is InChI=1S/C11H19ClN4/c1-3-16-11(13-8-14-16)7-15(2)6-9-4-10(12)5-9/h8-10H,3-7H2,1-2H3. The average Bonchev–Trinajstić information content (AvgIpc) is 2.62. The minimum Gasteiger partial charge on any atom is -0.299 e. The van der Waals surface area contributed by atoms with Crippen molar-refractivity contribution >= 4 is 11.6 Å². The SMILES string of the molecule is CCn1ncnc1CN(C)CC1CC(Cl)C1. The molecule has 0 amide bonds. The quantitative estimate of drug-likeness (QED) is 0.738. The molecule has 2 rings (SSSR count). The van der Waals surface area contributed by atoms with E-state index in [9.17, 15) is 0 Å². The van der Waals surface area contributed by atoms with Gasteiger partial charge >= 0.3 is 0 Å². The van der Waals surface area contributed by atoms with E-state index >= 15 is 0 Å². The Balaban J connectivity index is 1.80. The van der Waals surface area contributed by atoms with Gasteiger partial charge in [-0.25, -0.2) is 9.67 Å². The Morgan fingerprint density at radius 2 is 2.31 bits per heavy atom. The van der Waals surface area contributed by atoms with Crippen molar-refractivity contribution in [1.29, 1.82) is 0 Å². The van der Waals surface area contributed by atoms with E-state index in [4.69, 9.17) is 11.6 Å². The smallest absolute Gasteiger partial charge is 0.140 e. The summed E-state index contributed by atoms with van der Waals surface area (Å²) in [6, 6.07) is 0. The number of halogens is 1. The Hall–Kier alpha value is -0.610. The molecule has 5 heteroatoms. The minimum absolute atomic E-state index is 0.415. The summed E-state index contributed by atoms with van der Waals surface area (Å²) in [5, 5.41) is 4.59. The third-order valence-corrected chi connectivity index (χ3v) is 3.51. The fourth-order valence-corrected chi connectivity index (χ4v) is 2.73. The molecule has 0 saturated heterocycles. The van der Waals surface area contributed by atoms with E-state index in [0.717, 1.165) is 44.2 Å². The molecular weight excluding hydrogens is 224 g/mol. The van der Waals surface area contributed by atoms with Crippen molar-refractivity contribution in [3.63, 3.8) is 0 Å². The molecule has 0 aliphatic heterocycles. The third-order valence-electron chi connectivity index (χ3n) is 3.15. The third kappa shape index (κ3) is 2.74. The van der Waals surface area contributed by atoms with Gasteiger partial charge in [-0.2, -0.15) is 5.10 Å². The van der Waals surface area contributed by atoms with Crippen molar-refractivity contribution in [2.45, 2.75) is 38.2 Å². The zero-order chi connectivity index (χ0) is 11.5. The highest BCUT2D eigenvalue weighted by Gasteiger charge is 2.28. The van der Waals surface area contributed by atoms with Crippen LogP contribution in [0.5, 0.6) is 0 Å². The largest absolute Gasteiger partial charge is 0.299 e. The van der Waals surface area contributed by atoms with Crippen LogP contribution in [-0.2, 0) is 13.1 Å². The molecule has 1 saturated carbocycles. The summed E-state index contributed by atoms with van der Waals surface area (Å²) >= 11 is 5.97. The second-order valence-corrected chi connectivity index (χ2v) is 5.24. The Labute approximate surface area is 102 Å². The zero-order valence-electron chi connectivity index (χ0n) is 9.93. The summed E-state index contributed by atoms with van der Waals surface area (Å²) in [6.45, 7) is 4.95. The summed E-state index contributed by atoms with van der Waals surface area (Å²) < 4.78 is 1.95. The van der Waals surface area contributed by atoms with Crippen LogP contribution < -0.4 is 0 Å². The highest BCUT2D eigenvalue weighted by atomic mass is 35.5. The van der Waals surface area contributed by atoms with Gasteiger partial charge in [-0.15, -0.1) is 11.6 Å². The van der Waals surface area contributed by atoms with Crippen LogP contribution in [0.2, 0.25) is 0 Å². The van der Waals surface area contributed by atoms with Crippen LogP contribution >= 0.6 is 11.6 Å². The van der Waals surface area contributed by atoms with Gasteiger partial charge < -0.3 is 0 Å². The lowest BCUT2D eigenvalue weighted by Gasteiger charge is -2.33. The molecule has 0 radical (unpaired) electrons. The fraction of sp³-hybridized carbons (Fsp3) is 0.818. The topological polar surface area (TPSA) is 34.0 Å². The van der Waals surface area contributed by atoms with E-state index in [1.165, 1.54) is 0 Å². The molecule has 1 aliphatic rings. The molecule has 1 aromatic heterocycles. The first-order chi connectivity index (χ1) is 7.69. The van der Waals surface area contributed by atoms with E-state index < -0.39 is 0 Å². The van der Waals surface area contributed by atoms with Gasteiger partial charge in [-0.3, -0.25) is 4.90 Å². The normalized spacial score (nSPS) is 24.8. The number of aryl methyl sites for hydroxylation is 1. The highest BCUT2D eigenvalue weighted by Crippen LogP contribution is 2.32. The predicted octanol–water partition coefficient (Wildman–Crippen LogP) is 1.75. The summed E-state index contributed by atoms with van der Waals surface area (Å²) in [5.74, 6) is 1.82. The van der Waals surface area contributed by atoms with Crippen molar-refractivity contribution in [1.82, 2.24) is 19.7 Å². The van der Waals surface area contributed by atoms with E-state index in [1.54, 1.807) is 6.33 Å². The second-order valence-electron chi connectivity index (χ2n) is 4.62. The Kier molecular flexibility index (Phi) is 3.82. The van der Waals surface area contributed by atoms with E-state index in [-0.39, 0.29) is 0 Å². The Morgan fingerprint density at radius 1 is 1.56 bits per heavy atom. The van der Waals surface area contributed by atoms with Gasteiger partial charge in [-0.1, -0.05) is 0 Å². The van der Waals surface area contributed by atoms with Crippen molar-refractivity contribution in [2.75, 3.05) is 13.6 Å². The maximum absolute atomic E-state index is 5.97. The molecule has 0 aromatic carbocycles. The lowest BCUT2D eigenvalue weighted by atomic mass is 9.84. The fourth-order valence-electron chi connectivity index (χ4n) is 2.22. The first-order valence-corrected chi connectivity index (χ1v) is 6.32. The summed E-state index contributed by atoms with van der Waals surface area (Å²) in [6.07, 6.45) is 3.95. The van der Waals surface area contributed by atoms with E-state index in [2.05, 4.69) is 29.0 Å². The minimum atomic E-state index is 0.415. The first kappa shape index (κ1) is 11.9. The molecule has 0 atom stereocenters. The molecule has 0 unspecified atom stereocenters. The first-order valence-electron chi connectivity index (χ1n) is 5.88. The molecule has 1 fully saturated rings.